The Bertz CT molecular complexity index is 1410. The van der Waals surface area contributed by atoms with E-state index in [1.165, 1.54) is 0 Å². The van der Waals surface area contributed by atoms with Crippen LogP contribution in [-0.2, 0) is 11.3 Å². The maximum atomic E-state index is 12.8. The second-order valence-corrected chi connectivity index (χ2v) is 8.45. The number of Topliss-reactive ketones (excluding diaryl/α,β-unsaturated/α-hetero) is 1. The Morgan fingerprint density at radius 2 is 1.97 bits per heavy atom. The van der Waals surface area contributed by atoms with Gasteiger partial charge in [-0.15, -0.1) is 5.10 Å². The van der Waals surface area contributed by atoms with Crippen molar-refractivity contribution in [2.75, 3.05) is 6.61 Å². The smallest absolute Gasteiger partial charge is 0.307 e. The molecule has 0 radical (unpaired) electrons. The molecule has 0 aliphatic rings. The van der Waals surface area contributed by atoms with Gasteiger partial charge in [-0.3, -0.25) is 14.4 Å². The van der Waals surface area contributed by atoms with E-state index in [0.717, 1.165) is 29.3 Å². The summed E-state index contributed by atoms with van der Waals surface area (Å²) in [4.78, 5) is 37.3. The van der Waals surface area contributed by atoms with Crippen LogP contribution in [0.25, 0.3) is 21.9 Å². The molecule has 2 aromatic carbocycles. The van der Waals surface area contributed by atoms with Crippen molar-refractivity contribution >= 4 is 33.6 Å². The summed E-state index contributed by atoms with van der Waals surface area (Å²) in [6, 6.07) is 13.8. The minimum absolute atomic E-state index is 0.0276. The summed E-state index contributed by atoms with van der Waals surface area (Å²) in [5.41, 5.74) is 0.625. The van der Waals surface area contributed by atoms with Crippen LogP contribution in [0.1, 0.15) is 49.6 Å². The van der Waals surface area contributed by atoms with Gasteiger partial charge in [0.1, 0.15) is 16.8 Å². The van der Waals surface area contributed by atoms with Gasteiger partial charge in [0.25, 0.3) is 5.56 Å². The first-order valence-electron chi connectivity index (χ1n) is 11.7. The van der Waals surface area contributed by atoms with E-state index in [0.29, 0.717) is 28.8 Å². The Hall–Kier alpha value is -4.01. The number of carboxylic acids is 1. The third kappa shape index (κ3) is 5.74. The number of hydrogen-bond donors (Lipinski definition) is 1. The van der Waals surface area contributed by atoms with Crippen molar-refractivity contribution in [3.8, 4) is 5.75 Å². The molecule has 9 nitrogen and oxygen atoms in total. The molecular weight excluding hydrogens is 450 g/mol. The van der Waals surface area contributed by atoms with E-state index >= 15 is 0 Å². The second kappa shape index (κ2) is 10.9. The third-order valence-electron chi connectivity index (χ3n) is 5.88. The number of aryl methyl sites for hydroxylation is 1. The predicted molar refractivity (Wildman–Crippen MR) is 130 cm³/mol. The molecule has 0 saturated carbocycles. The number of aliphatic carboxylic acids is 1. The number of ether oxygens (including phenoxy) is 1. The van der Waals surface area contributed by atoms with Crippen molar-refractivity contribution < 1.29 is 23.8 Å². The quantitative estimate of drug-likeness (QED) is 0.234. The lowest BCUT2D eigenvalue weighted by molar-refractivity contribution is -0.142. The van der Waals surface area contributed by atoms with Gasteiger partial charge in [0.15, 0.2) is 11.5 Å². The number of aromatic nitrogens is 3. The molecule has 2 aromatic heterocycles. The summed E-state index contributed by atoms with van der Waals surface area (Å²) < 4.78 is 12.6. The molecule has 0 aliphatic carbocycles. The first kappa shape index (κ1) is 24.1. The maximum absolute atomic E-state index is 12.8. The number of ketones is 1. The molecule has 2 heterocycles. The van der Waals surface area contributed by atoms with E-state index < -0.39 is 17.7 Å². The van der Waals surface area contributed by atoms with Gasteiger partial charge in [-0.2, -0.15) is 0 Å². The van der Waals surface area contributed by atoms with Crippen molar-refractivity contribution in [3.63, 3.8) is 0 Å². The second-order valence-electron chi connectivity index (χ2n) is 8.45. The van der Waals surface area contributed by atoms with Crippen LogP contribution in [-0.4, -0.2) is 38.5 Å². The molecule has 4 aromatic rings. The van der Waals surface area contributed by atoms with Crippen LogP contribution < -0.4 is 10.3 Å². The number of carboxylic acid groups (broad SMARTS) is 1. The maximum Gasteiger partial charge on any atom is 0.307 e. The summed E-state index contributed by atoms with van der Waals surface area (Å²) in [6.45, 7) is 2.76. The first-order chi connectivity index (χ1) is 17.0. The van der Waals surface area contributed by atoms with Gasteiger partial charge in [-0.25, -0.2) is 4.68 Å². The molecule has 4 rings (SSSR count). The molecule has 0 bridgehead atoms. The minimum Gasteiger partial charge on any atom is -0.493 e. The Morgan fingerprint density at radius 3 is 2.77 bits per heavy atom. The molecule has 0 fully saturated rings. The number of fused-ring (bicyclic) bond motifs is 2. The standard InChI is InChI=1S/C26H27N3O6/c1-2-3-6-13-34-19-10-9-17-15-24(35-23(17)16-19)22(30)14-18(26(32)33)11-12-29-25(31)20-7-4-5-8-21(20)27-28-29/h4-5,7-10,15-16,18H,2-3,6,11-14H2,1H3,(H,32,33). The highest BCUT2D eigenvalue weighted by atomic mass is 16.5. The number of unbranched alkanes of at least 4 members (excludes halogenated alkanes) is 2. The Labute approximate surface area is 201 Å². The van der Waals surface area contributed by atoms with E-state index in [9.17, 15) is 19.5 Å². The molecule has 182 valence electrons. The zero-order valence-electron chi connectivity index (χ0n) is 19.5. The Balaban J connectivity index is 1.42. The summed E-state index contributed by atoms with van der Waals surface area (Å²) in [7, 11) is 0. The topological polar surface area (TPSA) is 125 Å². The number of rotatable bonds is 12. The van der Waals surface area contributed by atoms with Gasteiger partial charge in [0, 0.05) is 24.4 Å². The lowest BCUT2D eigenvalue weighted by Crippen LogP contribution is -2.27. The van der Waals surface area contributed by atoms with Gasteiger partial charge in [0.2, 0.25) is 0 Å². The molecule has 0 spiro atoms. The summed E-state index contributed by atoms with van der Waals surface area (Å²) in [6.07, 6.45) is 2.95. The van der Waals surface area contributed by atoms with E-state index in [2.05, 4.69) is 17.2 Å². The SMILES string of the molecule is CCCCCOc1ccc2cc(C(=O)CC(CCn3nnc4ccccc4c3=O)C(=O)O)oc2c1. The van der Waals surface area contributed by atoms with Crippen LogP contribution >= 0.6 is 0 Å². The highest BCUT2D eigenvalue weighted by Gasteiger charge is 2.24. The molecule has 1 atom stereocenters. The van der Waals surface area contributed by atoms with E-state index in [4.69, 9.17) is 9.15 Å². The zero-order valence-corrected chi connectivity index (χ0v) is 19.5. The molecule has 1 unspecified atom stereocenters. The van der Waals surface area contributed by atoms with E-state index in [-0.39, 0.29) is 30.7 Å². The molecular formula is C26H27N3O6. The Morgan fingerprint density at radius 1 is 1.14 bits per heavy atom. The van der Waals surface area contributed by atoms with Gasteiger partial charge in [0.05, 0.1) is 17.9 Å². The molecule has 9 heteroatoms. The van der Waals surface area contributed by atoms with Crippen LogP contribution in [0.4, 0.5) is 0 Å². The number of nitrogens with zero attached hydrogens (tertiary/aromatic N) is 3. The van der Waals surface area contributed by atoms with E-state index in [1.807, 2.05) is 12.1 Å². The fraction of sp³-hybridized carbons (Fsp3) is 0.346. The van der Waals surface area contributed by atoms with Crippen molar-refractivity contribution in [1.82, 2.24) is 15.0 Å². The average molecular weight is 478 g/mol. The van der Waals surface area contributed by atoms with Crippen molar-refractivity contribution in [3.05, 3.63) is 64.6 Å². The predicted octanol–water partition coefficient (Wildman–Crippen LogP) is 4.47. The molecule has 0 aliphatic heterocycles. The van der Waals surface area contributed by atoms with Crippen molar-refractivity contribution in [2.24, 2.45) is 5.92 Å². The minimum atomic E-state index is -1.13. The first-order valence-corrected chi connectivity index (χ1v) is 11.7. The lowest BCUT2D eigenvalue weighted by Gasteiger charge is -2.11. The largest absolute Gasteiger partial charge is 0.493 e. The summed E-state index contributed by atoms with van der Waals surface area (Å²) in [5, 5.41) is 18.7. The van der Waals surface area contributed by atoms with Crippen molar-refractivity contribution in [1.29, 1.82) is 0 Å². The average Bonchev–Trinajstić information content (AvgIpc) is 3.29. The summed E-state index contributed by atoms with van der Waals surface area (Å²) in [5.74, 6) is -1.80. The number of carbonyl (C=O) groups excluding carboxylic acids is 1. The monoisotopic (exact) mass is 477 g/mol. The van der Waals surface area contributed by atoms with Gasteiger partial charge >= 0.3 is 5.97 Å². The number of hydrogen-bond acceptors (Lipinski definition) is 7. The van der Waals surface area contributed by atoms with Crippen molar-refractivity contribution in [2.45, 2.75) is 45.6 Å². The molecule has 1 N–H and O–H groups in total. The number of furan rings is 1. The normalized spacial score (nSPS) is 12.1. The number of benzene rings is 2. The summed E-state index contributed by atoms with van der Waals surface area (Å²) >= 11 is 0. The van der Waals surface area contributed by atoms with Crippen LogP contribution in [0.2, 0.25) is 0 Å². The number of carbonyl (C=O) groups is 2. The van der Waals surface area contributed by atoms with Gasteiger partial charge in [-0.1, -0.05) is 37.1 Å². The highest BCUT2D eigenvalue weighted by molar-refractivity contribution is 5.99. The zero-order chi connectivity index (χ0) is 24.8. The third-order valence-corrected chi connectivity index (χ3v) is 5.88. The molecule has 0 saturated heterocycles. The van der Waals surface area contributed by atoms with Crippen LogP contribution in [0.3, 0.4) is 0 Å². The van der Waals surface area contributed by atoms with Crippen LogP contribution in [0.5, 0.6) is 5.75 Å². The molecule has 0 amide bonds. The fourth-order valence-corrected chi connectivity index (χ4v) is 3.87. The van der Waals surface area contributed by atoms with E-state index in [1.54, 1.807) is 36.4 Å². The van der Waals surface area contributed by atoms with Crippen LogP contribution in [0, 0.1) is 5.92 Å². The molecule has 35 heavy (non-hydrogen) atoms. The van der Waals surface area contributed by atoms with Gasteiger partial charge in [-0.05, 0) is 43.2 Å². The van der Waals surface area contributed by atoms with Crippen LogP contribution in [0.15, 0.2) is 57.7 Å². The Kier molecular flexibility index (Phi) is 7.54. The lowest BCUT2D eigenvalue weighted by atomic mass is 9.98. The fourth-order valence-electron chi connectivity index (χ4n) is 3.87. The highest BCUT2D eigenvalue weighted by Crippen LogP contribution is 2.26. The van der Waals surface area contributed by atoms with Gasteiger partial charge < -0.3 is 14.3 Å².